The zero-order valence-corrected chi connectivity index (χ0v) is 12.0. The minimum absolute atomic E-state index is 0.152. The number of hydrogen-bond donors (Lipinski definition) is 0. The summed E-state index contributed by atoms with van der Waals surface area (Å²) in [7, 11) is -2.92. The lowest BCUT2D eigenvalue weighted by Gasteiger charge is -2.27. The topological polar surface area (TPSA) is 76.3 Å². The van der Waals surface area contributed by atoms with Gasteiger partial charge in [0.2, 0.25) is 0 Å². The molecule has 3 aromatic rings. The van der Waals surface area contributed by atoms with E-state index in [0.717, 1.165) is 16.5 Å². The van der Waals surface area contributed by atoms with Gasteiger partial charge < -0.3 is 9.32 Å². The van der Waals surface area contributed by atoms with E-state index in [0.29, 0.717) is 24.5 Å². The van der Waals surface area contributed by atoms with Crippen molar-refractivity contribution in [3.63, 3.8) is 0 Å². The molecule has 0 spiro atoms. The smallest absolute Gasteiger partial charge is 0.196 e. The summed E-state index contributed by atoms with van der Waals surface area (Å²) >= 11 is 0. The molecule has 1 aromatic carbocycles. The Morgan fingerprint density at radius 3 is 2.67 bits per heavy atom. The molecule has 21 heavy (non-hydrogen) atoms. The average Bonchev–Trinajstić information content (AvgIpc) is 2.86. The van der Waals surface area contributed by atoms with Crippen LogP contribution in [0.2, 0.25) is 0 Å². The van der Waals surface area contributed by atoms with E-state index in [1.54, 1.807) is 0 Å². The van der Waals surface area contributed by atoms with Crippen LogP contribution in [0.5, 0.6) is 0 Å². The number of benzene rings is 1. The molecule has 0 atom stereocenters. The number of nitrogens with zero attached hydrogens (tertiary/aromatic N) is 3. The first-order chi connectivity index (χ1) is 10.1. The molecule has 0 radical (unpaired) electrons. The fraction of sp³-hybridized carbons (Fsp3) is 0.286. The fourth-order valence-electron chi connectivity index (χ4n) is 2.66. The first kappa shape index (κ1) is 12.6. The standard InChI is InChI=1S/C14H13N3O3S/c18-21(19)7-5-17(6-8-21)14-13-12(15-9-16-14)10-3-1-2-4-11(10)20-13/h1-4,9H,5-8H2. The Labute approximate surface area is 121 Å². The minimum atomic E-state index is -2.92. The van der Waals surface area contributed by atoms with Crippen LogP contribution in [-0.4, -0.2) is 43.0 Å². The summed E-state index contributed by atoms with van der Waals surface area (Å²) in [5, 5.41) is 0.945. The highest BCUT2D eigenvalue weighted by molar-refractivity contribution is 7.91. The van der Waals surface area contributed by atoms with Gasteiger partial charge in [-0.05, 0) is 12.1 Å². The zero-order chi connectivity index (χ0) is 14.4. The molecule has 0 N–H and O–H groups in total. The SMILES string of the molecule is O=S1(=O)CCN(c2ncnc3c2oc2ccccc23)CC1. The first-order valence-corrected chi connectivity index (χ1v) is 8.54. The van der Waals surface area contributed by atoms with Gasteiger partial charge >= 0.3 is 0 Å². The Morgan fingerprint density at radius 2 is 1.86 bits per heavy atom. The highest BCUT2D eigenvalue weighted by atomic mass is 32.2. The number of hydrogen-bond acceptors (Lipinski definition) is 6. The van der Waals surface area contributed by atoms with E-state index in [2.05, 4.69) is 9.97 Å². The fourth-order valence-corrected chi connectivity index (χ4v) is 3.86. The monoisotopic (exact) mass is 303 g/mol. The molecule has 0 bridgehead atoms. The normalized spacial score (nSPS) is 18.4. The van der Waals surface area contributed by atoms with Crippen molar-refractivity contribution in [3.8, 4) is 0 Å². The number of sulfone groups is 1. The van der Waals surface area contributed by atoms with Gasteiger partial charge in [0.25, 0.3) is 0 Å². The third kappa shape index (κ3) is 2.04. The van der Waals surface area contributed by atoms with Gasteiger partial charge in [0.05, 0.1) is 11.5 Å². The predicted molar refractivity (Wildman–Crippen MR) is 80.2 cm³/mol. The number of furan rings is 1. The second kappa shape index (κ2) is 4.42. The Kier molecular flexibility index (Phi) is 2.65. The molecule has 0 aliphatic carbocycles. The lowest BCUT2D eigenvalue weighted by molar-refractivity contribution is 0.585. The van der Waals surface area contributed by atoms with Crippen LogP contribution >= 0.6 is 0 Å². The maximum absolute atomic E-state index is 11.5. The third-order valence-electron chi connectivity index (χ3n) is 3.78. The van der Waals surface area contributed by atoms with Gasteiger partial charge in [-0.15, -0.1) is 0 Å². The van der Waals surface area contributed by atoms with Crippen molar-refractivity contribution >= 4 is 37.7 Å². The number of rotatable bonds is 1. The van der Waals surface area contributed by atoms with Crippen molar-refractivity contribution in [1.29, 1.82) is 0 Å². The lowest BCUT2D eigenvalue weighted by atomic mass is 10.2. The van der Waals surface area contributed by atoms with E-state index >= 15 is 0 Å². The Morgan fingerprint density at radius 1 is 1.10 bits per heavy atom. The molecular weight excluding hydrogens is 290 g/mol. The predicted octanol–water partition coefficient (Wildman–Crippen LogP) is 1.61. The number of aromatic nitrogens is 2. The van der Waals surface area contributed by atoms with Crippen LogP contribution in [0, 0.1) is 0 Å². The van der Waals surface area contributed by atoms with Crippen molar-refractivity contribution in [3.05, 3.63) is 30.6 Å². The Bertz CT molecular complexity index is 919. The largest absolute Gasteiger partial charge is 0.450 e. The van der Waals surface area contributed by atoms with Crippen molar-refractivity contribution in [2.75, 3.05) is 29.5 Å². The molecule has 1 saturated heterocycles. The van der Waals surface area contributed by atoms with E-state index < -0.39 is 9.84 Å². The van der Waals surface area contributed by atoms with E-state index in [1.165, 1.54) is 6.33 Å². The average molecular weight is 303 g/mol. The molecule has 3 heterocycles. The highest BCUT2D eigenvalue weighted by Gasteiger charge is 2.25. The van der Waals surface area contributed by atoms with Crippen LogP contribution in [0.25, 0.3) is 22.1 Å². The lowest BCUT2D eigenvalue weighted by Crippen LogP contribution is -2.40. The number of anilines is 1. The van der Waals surface area contributed by atoms with Gasteiger partial charge in [0.15, 0.2) is 21.2 Å². The molecule has 7 heteroatoms. The molecule has 1 aliphatic heterocycles. The summed E-state index contributed by atoms with van der Waals surface area (Å²) in [6, 6.07) is 7.69. The van der Waals surface area contributed by atoms with E-state index in [1.807, 2.05) is 29.2 Å². The first-order valence-electron chi connectivity index (χ1n) is 6.72. The molecule has 1 fully saturated rings. The Balaban J connectivity index is 1.86. The van der Waals surface area contributed by atoms with Gasteiger partial charge in [-0.2, -0.15) is 0 Å². The van der Waals surface area contributed by atoms with Crippen molar-refractivity contribution in [2.24, 2.45) is 0 Å². The number of fused-ring (bicyclic) bond motifs is 3. The maximum atomic E-state index is 11.5. The van der Waals surface area contributed by atoms with Crippen LogP contribution in [0.1, 0.15) is 0 Å². The van der Waals surface area contributed by atoms with Crippen molar-refractivity contribution in [1.82, 2.24) is 9.97 Å². The summed E-state index contributed by atoms with van der Waals surface area (Å²) in [5.74, 6) is 0.975. The van der Waals surface area contributed by atoms with Gasteiger partial charge in [-0.3, -0.25) is 0 Å². The molecule has 6 nitrogen and oxygen atoms in total. The van der Waals surface area contributed by atoms with Crippen molar-refractivity contribution in [2.45, 2.75) is 0 Å². The summed E-state index contributed by atoms with van der Waals surface area (Å²) in [6.07, 6.45) is 1.50. The van der Waals surface area contributed by atoms with Crippen LogP contribution in [0.15, 0.2) is 35.0 Å². The molecule has 0 saturated carbocycles. The summed E-state index contributed by atoms with van der Waals surface area (Å²) in [6.45, 7) is 0.872. The van der Waals surface area contributed by atoms with Crippen molar-refractivity contribution < 1.29 is 12.8 Å². The van der Waals surface area contributed by atoms with Gasteiger partial charge in [0, 0.05) is 18.5 Å². The summed E-state index contributed by atoms with van der Waals surface area (Å²) in [4.78, 5) is 10.6. The summed E-state index contributed by atoms with van der Waals surface area (Å²) < 4.78 is 29.0. The molecule has 108 valence electrons. The molecule has 2 aromatic heterocycles. The summed E-state index contributed by atoms with van der Waals surface area (Å²) in [5.41, 5.74) is 2.15. The van der Waals surface area contributed by atoms with Crippen LogP contribution in [0.3, 0.4) is 0 Å². The second-order valence-corrected chi connectivity index (χ2v) is 7.42. The van der Waals surface area contributed by atoms with Crippen LogP contribution < -0.4 is 4.90 Å². The van der Waals surface area contributed by atoms with Crippen LogP contribution in [0.4, 0.5) is 5.82 Å². The van der Waals surface area contributed by atoms with Gasteiger partial charge in [-0.1, -0.05) is 12.1 Å². The molecular formula is C14H13N3O3S. The van der Waals surface area contributed by atoms with Gasteiger partial charge in [0.1, 0.15) is 17.4 Å². The zero-order valence-electron chi connectivity index (χ0n) is 11.2. The van der Waals surface area contributed by atoms with Crippen LogP contribution in [-0.2, 0) is 9.84 Å². The van der Waals surface area contributed by atoms with E-state index in [-0.39, 0.29) is 11.5 Å². The maximum Gasteiger partial charge on any atom is 0.196 e. The molecule has 4 rings (SSSR count). The Hall–Kier alpha value is -2.15. The molecule has 0 amide bonds. The van der Waals surface area contributed by atoms with Gasteiger partial charge in [-0.25, -0.2) is 18.4 Å². The highest BCUT2D eigenvalue weighted by Crippen LogP contribution is 2.32. The minimum Gasteiger partial charge on any atom is -0.450 e. The third-order valence-corrected chi connectivity index (χ3v) is 5.39. The van der Waals surface area contributed by atoms with E-state index in [4.69, 9.17) is 4.42 Å². The van der Waals surface area contributed by atoms with E-state index in [9.17, 15) is 8.42 Å². The number of para-hydroxylation sites is 1. The molecule has 1 aliphatic rings. The molecule has 0 unspecified atom stereocenters. The quantitative estimate of drug-likeness (QED) is 0.680. The second-order valence-electron chi connectivity index (χ2n) is 5.11.